The molecule has 1 saturated heterocycles. The molecule has 1 aromatic carbocycles. The lowest BCUT2D eigenvalue weighted by molar-refractivity contribution is -0.123. The Balaban J connectivity index is 1.55. The minimum Gasteiger partial charge on any atom is -0.484 e. The number of hydrogen-bond donors (Lipinski definition) is 1. The molecular weight excluding hydrogens is 356 g/mol. The molecule has 0 bridgehead atoms. The Hall–Kier alpha value is -1.85. The summed E-state index contributed by atoms with van der Waals surface area (Å²) in [5.41, 5.74) is 3.59. The van der Waals surface area contributed by atoms with Crippen LogP contribution in [0.3, 0.4) is 0 Å². The van der Waals surface area contributed by atoms with Crippen molar-refractivity contribution in [1.82, 2.24) is 10.2 Å². The average molecular weight is 387 g/mol. The van der Waals surface area contributed by atoms with Crippen LogP contribution in [0.5, 0.6) is 5.75 Å². The summed E-state index contributed by atoms with van der Waals surface area (Å²) in [6, 6.07) is 8.45. The molecule has 3 rings (SSSR count). The Kier molecular flexibility index (Phi) is 7.30. The highest BCUT2D eigenvalue weighted by atomic mass is 32.1. The fourth-order valence-electron chi connectivity index (χ4n) is 3.76. The molecule has 0 saturated carbocycles. The van der Waals surface area contributed by atoms with Crippen molar-refractivity contribution < 1.29 is 9.53 Å². The van der Waals surface area contributed by atoms with Gasteiger partial charge in [0.1, 0.15) is 5.75 Å². The van der Waals surface area contributed by atoms with Crippen molar-refractivity contribution in [3.63, 3.8) is 0 Å². The molecule has 5 heteroatoms. The summed E-state index contributed by atoms with van der Waals surface area (Å²) in [5.74, 6) is 0.689. The Bertz CT molecular complexity index is 702. The van der Waals surface area contributed by atoms with Crippen LogP contribution in [-0.4, -0.2) is 37.0 Å². The second-order valence-corrected chi connectivity index (χ2v) is 8.22. The van der Waals surface area contributed by atoms with E-state index in [9.17, 15) is 4.79 Å². The monoisotopic (exact) mass is 386 g/mol. The van der Waals surface area contributed by atoms with Gasteiger partial charge in [0.15, 0.2) is 6.61 Å². The van der Waals surface area contributed by atoms with Gasteiger partial charge in [0, 0.05) is 6.54 Å². The van der Waals surface area contributed by atoms with E-state index in [0.717, 1.165) is 30.0 Å². The van der Waals surface area contributed by atoms with Crippen LogP contribution in [0.2, 0.25) is 0 Å². The van der Waals surface area contributed by atoms with E-state index in [4.69, 9.17) is 4.74 Å². The van der Waals surface area contributed by atoms with E-state index < -0.39 is 0 Å². The van der Waals surface area contributed by atoms with Gasteiger partial charge >= 0.3 is 0 Å². The minimum atomic E-state index is -0.0655. The first kappa shape index (κ1) is 19.9. The van der Waals surface area contributed by atoms with Crippen LogP contribution in [0.4, 0.5) is 0 Å². The first-order valence-corrected chi connectivity index (χ1v) is 10.8. The number of carbonyl (C=O) groups excluding carboxylic acids is 1. The smallest absolute Gasteiger partial charge is 0.258 e. The molecule has 1 aliphatic rings. The zero-order valence-corrected chi connectivity index (χ0v) is 17.2. The van der Waals surface area contributed by atoms with Gasteiger partial charge < -0.3 is 10.1 Å². The largest absolute Gasteiger partial charge is 0.484 e. The summed E-state index contributed by atoms with van der Waals surface area (Å²) < 4.78 is 5.69. The van der Waals surface area contributed by atoms with E-state index in [0.29, 0.717) is 6.54 Å². The molecule has 0 aliphatic carbocycles. The van der Waals surface area contributed by atoms with Crippen LogP contribution in [0.25, 0.3) is 0 Å². The maximum atomic E-state index is 12.4. The first-order valence-electron chi connectivity index (χ1n) is 9.86. The van der Waals surface area contributed by atoms with Gasteiger partial charge in [-0.2, -0.15) is 11.3 Å². The van der Waals surface area contributed by atoms with Crippen LogP contribution in [0, 0.1) is 13.8 Å². The van der Waals surface area contributed by atoms with Gasteiger partial charge in [-0.25, -0.2) is 0 Å². The Labute approximate surface area is 166 Å². The third kappa shape index (κ3) is 6.08. The van der Waals surface area contributed by atoms with Gasteiger partial charge in [-0.1, -0.05) is 18.9 Å². The predicted octanol–water partition coefficient (Wildman–Crippen LogP) is 4.48. The molecule has 4 nitrogen and oxygen atoms in total. The molecule has 1 aromatic heterocycles. The quantitative estimate of drug-likeness (QED) is 0.763. The fraction of sp³-hybridized carbons (Fsp3) is 0.500. The lowest BCUT2D eigenvalue weighted by Gasteiger charge is -2.30. The van der Waals surface area contributed by atoms with E-state index in [1.807, 2.05) is 26.0 Å². The van der Waals surface area contributed by atoms with Gasteiger partial charge in [-0.3, -0.25) is 9.69 Å². The fourth-order valence-corrected chi connectivity index (χ4v) is 4.46. The normalized spacial score (nSPS) is 16.5. The third-order valence-corrected chi connectivity index (χ3v) is 5.77. The molecule has 2 aromatic rings. The lowest BCUT2D eigenvalue weighted by atomic mass is 10.1. The Morgan fingerprint density at radius 1 is 1.15 bits per heavy atom. The van der Waals surface area contributed by atoms with Gasteiger partial charge in [-0.15, -0.1) is 0 Å². The highest BCUT2D eigenvalue weighted by molar-refractivity contribution is 7.07. The number of ether oxygens (including phenoxy) is 1. The van der Waals surface area contributed by atoms with Gasteiger partial charge in [0.25, 0.3) is 5.91 Å². The highest BCUT2D eigenvalue weighted by Gasteiger charge is 2.22. The first-order chi connectivity index (χ1) is 13.1. The van der Waals surface area contributed by atoms with Crippen molar-refractivity contribution in [2.75, 3.05) is 26.2 Å². The van der Waals surface area contributed by atoms with Crippen molar-refractivity contribution in [3.05, 3.63) is 51.7 Å². The van der Waals surface area contributed by atoms with Crippen molar-refractivity contribution in [3.8, 4) is 5.75 Å². The molecule has 1 N–H and O–H groups in total. The molecule has 0 spiro atoms. The minimum absolute atomic E-state index is 0.0548. The SMILES string of the molecule is Cc1cc(C)cc(OCC(=O)NCC(c2ccsc2)N2CCCCCC2)c1. The summed E-state index contributed by atoms with van der Waals surface area (Å²) in [4.78, 5) is 14.9. The second kappa shape index (κ2) is 9.90. The molecular formula is C22H30N2O2S. The Morgan fingerprint density at radius 2 is 1.85 bits per heavy atom. The zero-order chi connectivity index (χ0) is 19.1. The highest BCUT2D eigenvalue weighted by Crippen LogP contribution is 2.25. The number of amides is 1. The predicted molar refractivity (Wildman–Crippen MR) is 112 cm³/mol. The number of nitrogens with one attached hydrogen (secondary N) is 1. The van der Waals surface area contributed by atoms with Crippen molar-refractivity contribution in [1.29, 1.82) is 0 Å². The number of nitrogens with zero attached hydrogens (tertiary/aromatic N) is 1. The molecule has 0 radical (unpaired) electrons. The maximum Gasteiger partial charge on any atom is 0.258 e. The van der Waals surface area contributed by atoms with Crippen LogP contribution in [0.15, 0.2) is 35.0 Å². The van der Waals surface area contributed by atoms with Crippen molar-refractivity contribution >= 4 is 17.2 Å². The van der Waals surface area contributed by atoms with Gasteiger partial charge in [0.2, 0.25) is 0 Å². The van der Waals surface area contributed by atoms with Gasteiger partial charge in [0.05, 0.1) is 6.04 Å². The van der Waals surface area contributed by atoms with E-state index in [2.05, 4.69) is 33.1 Å². The average Bonchev–Trinajstić information content (AvgIpc) is 3.02. The van der Waals surface area contributed by atoms with Crippen LogP contribution in [0.1, 0.15) is 48.4 Å². The number of carbonyl (C=O) groups is 1. The number of benzene rings is 1. The molecule has 1 atom stereocenters. The van der Waals surface area contributed by atoms with Gasteiger partial charge in [-0.05, 0) is 85.4 Å². The molecule has 1 amide bonds. The lowest BCUT2D eigenvalue weighted by Crippen LogP contribution is -2.40. The summed E-state index contributed by atoms with van der Waals surface area (Å²) in [6.07, 6.45) is 5.10. The molecule has 1 fully saturated rings. The van der Waals surface area contributed by atoms with E-state index in [-0.39, 0.29) is 18.6 Å². The number of thiophene rings is 1. The third-order valence-electron chi connectivity index (χ3n) is 5.07. The van der Waals surface area contributed by atoms with Crippen LogP contribution >= 0.6 is 11.3 Å². The number of rotatable bonds is 7. The number of hydrogen-bond acceptors (Lipinski definition) is 4. The van der Waals surface area contributed by atoms with Crippen molar-refractivity contribution in [2.24, 2.45) is 0 Å². The molecule has 1 unspecified atom stereocenters. The number of likely N-dealkylation sites (tertiary alicyclic amines) is 1. The summed E-state index contributed by atoms with van der Waals surface area (Å²) >= 11 is 1.72. The molecule has 1 aliphatic heterocycles. The molecule has 146 valence electrons. The van der Waals surface area contributed by atoms with E-state index in [1.165, 1.54) is 31.2 Å². The number of aryl methyl sites for hydroxylation is 2. The zero-order valence-electron chi connectivity index (χ0n) is 16.4. The topological polar surface area (TPSA) is 41.6 Å². The standard InChI is InChI=1S/C22H30N2O2S/c1-17-11-18(2)13-20(12-17)26-15-22(25)23-14-21(19-7-10-27-16-19)24-8-5-3-4-6-9-24/h7,10-13,16,21H,3-6,8-9,14-15H2,1-2H3,(H,23,25). The van der Waals surface area contributed by atoms with Crippen LogP contribution < -0.4 is 10.1 Å². The maximum absolute atomic E-state index is 12.4. The van der Waals surface area contributed by atoms with E-state index >= 15 is 0 Å². The second-order valence-electron chi connectivity index (χ2n) is 7.44. The van der Waals surface area contributed by atoms with Crippen LogP contribution in [-0.2, 0) is 4.79 Å². The van der Waals surface area contributed by atoms with Crippen molar-refractivity contribution in [2.45, 2.75) is 45.6 Å². The van der Waals surface area contributed by atoms with E-state index in [1.54, 1.807) is 11.3 Å². The summed E-state index contributed by atoms with van der Waals surface area (Å²) in [5, 5.41) is 7.41. The summed E-state index contributed by atoms with van der Waals surface area (Å²) in [6.45, 7) is 6.97. The molecule has 27 heavy (non-hydrogen) atoms. The Morgan fingerprint density at radius 3 is 2.48 bits per heavy atom. The summed E-state index contributed by atoms with van der Waals surface area (Å²) in [7, 11) is 0. The molecule has 2 heterocycles.